The summed E-state index contributed by atoms with van der Waals surface area (Å²) in [4.78, 5) is 42.6. The highest BCUT2D eigenvalue weighted by Crippen LogP contribution is 2.38. The standard InChI is InChI=1S/C25H34N2O5S/c1-16-5-7-17(8-6-16)22(29)27(19-10-12-26(13-14-28)23(19)30)20-15-18(9-11-25(2,3)4)33-21(20)24(31)32/h15-17,19,28H,5-8,10,12-14H2,1-4H3,(H,31,32)/t16?,17?,19-/m0/s1. The van der Waals surface area contributed by atoms with Gasteiger partial charge in [0.05, 0.1) is 17.2 Å². The fraction of sp³-hybridized carbons (Fsp3) is 0.640. The Kier molecular flexibility index (Phi) is 7.86. The fourth-order valence-corrected chi connectivity index (χ4v) is 5.31. The lowest BCUT2D eigenvalue weighted by Gasteiger charge is -2.34. The SMILES string of the molecule is CC1CCC(C(=O)N(c2cc(C#CC(C)(C)C)sc2C(=O)O)[C@H]2CCN(CCO)C2=O)CC1. The van der Waals surface area contributed by atoms with Gasteiger partial charge in [-0.05, 0) is 64.9 Å². The van der Waals surface area contributed by atoms with Gasteiger partial charge in [0.1, 0.15) is 10.9 Å². The zero-order valence-corrected chi connectivity index (χ0v) is 20.7. The van der Waals surface area contributed by atoms with Crippen LogP contribution in [0.4, 0.5) is 5.69 Å². The summed E-state index contributed by atoms with van der Waals surface area (Å²) < 4.78 is 0. The molecule has 0 spiro atoms. The van der Waals surface area contributed by atoms with E-state index >= 15 is 0 Å². The molecule has 33 heavy (non-hydrogen) atoms. The Morgan fingerprint density at radius 1 is 1.21 bits per heavy atom. The quantitative estimate of drug-likeness (QED) is 0.614. The number of rotatable bonds is 6. The van der Waals surface area contributed by atoms with Crippen molar-refractivity contribution >= 4 is 34.8 Å². The number of aliphatic hydroxyl groups is 1. The minimum Gasteiger partial charge on any atom is -0.477 e. The van der Waals surface area contributed by atoms with Gasteiger partial charge >= 0.3 is 5.97 Å². The molecule has 1 atom stereocenters. The first-order chi connectivity index (χ1) is 15.5. The van der Waals surface area contributed by atoms with Crippen LogP contribution in [0, 0.1) is 29.1 Å². The molecule has 1 aliphatic heterocycles. The number of carboxylic acid groups (broad SMARTS) is 1. The summed E-state index contributed by atoms with van der Waals surface area (Å²) in [7, 11) is 0. The minimum atomic E-state index is -1.13. The zero-order valence-electron chi connectivity index (χ0n) is 19.9. The van der Waals surface area contributed by atoms with E-state index in [1.165, 1.54) is 4.90 Å². The molecular formula is C25H34N2O5S. The van der Waals surface area contributed by atoms with Crippen LogP contribution in [-0.2, 0) is 9.59 Å². The summed E-state index contributed by atoms with van der Waals surface area (Å²) in [6, 6.07) is 0.887. The highest BCUT2D eigenvalue weighted by Gasteiger charge is 2.43. The normalized spacial score (nSPS) is 23.2. The van der Waals surface area contributed by atoms with E-state index in [-0.39, 0.29) is 46.9 Å². The number of hydrogen-bond donors (Lipinski definition) is 2. The third kappa shape index (κ3) is 5.96. The second-order valence-corrected chi connectivity index (χ2v) is 11.2. The van der Waals surface area contributed by atoms with Gasteiger partial charge in [-0.2, -0.15) is 0 Å². The molecule has 7 nitrogen and oxygen atoms in total. The number of amides is 2. The maximum Gasteiger partial charge on any atom is 0.348 e. The van der Waals surface area contributed by atoms with E-state index in [2.05, 4.69) is 18.8 Å². The Morgan fingerprint density at radius 3 is 2.45 bits per heavy atom. The topological polar surface area (TPSA) is 98.2 Å². The molecular weight excluding hydrogens is 440 g/mol. The van der Waals surface area contributed by atoms with E-state index in [1.807, 2.05) is 20.8 Å². The molecule has 2 amide bonds. The molecule has 8 heteroatoms. The first-order valence-corrected chi connectivity index (χ1v) is 12.5. The van der Waals surface area contributed by atoms with Gasteiger partial charge in [0.15, 0.2) is 0 Å². The first kappa shape index (κ1) is 25.3. The number of likely N-dealkylation sites (tertiary alicyclic amines) is 1. The van der Waals surface area contributed by atoms with Crippen molar-refractivity contribution in [3.05, 3.63) is 15.8 Å². The molecule has 0 radical (unpaired) electrons. The van der Waals surface area contributed by atoms with Gasteiger partial charge in [-0.25, -0.2) is 4.79 Å². The highest BCUT2D eigenvalue weighted by atomic mass is 32.1. The Hall–Kier alpha value is -2.37. The smallest absolute Gasteiger partial charge is 0.348 e. The average molecular weight is 475 g/mol. The largest absolute Gasteiger partial charge is 0.477 e. The molecule has 2 fully saturated rings. The molecule has 1 saturated carbocycles. The molecule has 0 bridgehead atoms. The molecule has 2 heterocycles. The Labute approximate surface area is 199 Å². The van der Waals surface area contributed by atoms with Crippen molar-refractivity contribution < 1.29 is 24.6 Å². The van der Waals surface area contributed by atoms with Crippen molar-refractivity contribution in [3.63, 3.8) is 0 Å². The number of aliphatic hydroxyl groups excluding tert-OH is 1. The molecule has 1 saturated heterocycles. The number of aromatic carboxylic acids is 1. The van der Waals surface area contributed by atoms with Crippen LogP contribution in [0.25, 0.3) is 0 Å². The third-order valence-corrected chi connectivity index (χ3v) is 7.31. The van der Waals surface area contributed by atoms with Gasteiger partial charge in [0, 0.05) is 24.4 Å². The van der Waals surface area contributed by atoms with Crippen molar-refractivity contribution in [2.75, 3.05) is 24.6 Å². The molecule has 0 aromatic carbocycles. The van der Waals surface area contributed by atoms with Crippen molar-refractivity contribution in [2.45, 2.75) is 65.8 Å². The fourth-order valence-electron chi connectivity index (χ4n) is 4.47. The second-order valence-electron chi connectivity index (χ2n) is 10.1. The summed E-state index contributed by atoms with van der Waals surface area (Å²) in [5.41, 5.74) is 0.00663. The van der Waals surface area contributed by atoms with Crippen LogP contribution >= 0.6 is 11.3 Å². The maximum absolute atomic E-state index is 13.8. The predicted molar refractivity (Wildman–Crippen MR) is 128 cm³/mol. The van der Waals surface area contributed by atoms with Gasteiger partial charge in [-0.15, -0.1) is 11.3 Å². The number of carbonyl (C=O) groups is 3. The van der Waals surface area contributed by atoms with Gasteiger partial charge < -0.3 is 15.1 Å². The van der Waals surface area contributed by atoms with E-state index < -0.39 is 12.0 Å². The summed E-state index contributed by atoms with van der Waals surface area (Å²) >= 11 is 1.04. The lowest BCUT2D eigenvalue weighted by molar-refractivity contribution is -0.132. The van der Waals surface area contributed by atoms with Crippen molar-refractivity contribution in [3.8, 4) is 11.8 Å². The number of hydrogen-bond acceptors (Lipinski definition) is 5. The lowest BCUT2D eigenvalue weighted by atomic mass is 9.82. The molecule has 3 rings (SSSR count). The van der Waals surface area contributed by atoms with Crippen molar-refractivity contribution in [2.24, 2.45) is 17.3 Å². The molecule has 1 aliphatic carbocycles. The highest BCUT2D eigenvalue weighted by molar-refractivity contribution is 7.15. The summed E-state index contributed by atoms with van der Waals surface area (Å²) in [6.07, 6.45) is 3.77. The van der Waals surface area contributed by atoms with Gasteiger partial charge in [-0.1, -0.05) is 18.8 Å². The third-order valence-electron chi connectivity index (χ3n) is 6.28. The maximum atomic E-state index is 13.8. The Balaban J connectivity index is 2.04. The van der Waals surface area contributed by atoms with Crippen LogP contribution in [0.15, 0.2) is 6.07 Å². The molecule has 1 aromatic heterocycles. The monoisotopic (exact) mass is 474 g/mol. The number of nitrogens with zero attached hydrogens (tertiary/aromatic N) is 2. The lowest BCUT2D eigenvalue weighted by Crippen LogP contribution is -2.49. The van der Waals surface area contributed by atoms with Crippen molar-refractivity contribution in [1.29, 1.82) is 0 Å². The minimum absolute atomic E-state index is 0.0270. The van der Waals surface area contributed by atoms with Crippen LogP contribution in [-0.4, -0.2) is 58.6 Å². The first-order valence-electron chi connectivity index (χ1n) is 11.6. The van der Waals surface area contributed by atoms with Crippen LogP contribution in [0.3, 0.4) is 0 Å². The van der Waals surface area contributed by atoms with E-state index in [0.717, 1.165) is 37.0 Å². The van der Waals surface area contributed by atoms with Gasteiger partial charge in [0.2, 0.25) is 11.8 Å². The average Bonchev–Trinajstić information content (AvgIpc) is 3.32. The predicted octanol–water partition coefficient (Wildman–Crippen LogP) is 3.60. The Bertz CT molecular complexity index is 960. The zero-order chi connectivity index (χ0) is 24.3. The van der Waals surface area contributed by atoms with Crippen LogP contribution in [0.1, 0.15) is 74.3 Å². The molecule has 180 valence electrons. The summed E-state index contributed by atoms with van der Waals surface area (Å²) in [5, 5.41) is 19.2. The van der Waals surface area contributed by atoms with Gasteiger partial charge in [-0.3, -0.25) is 14.5 Å². The second kappa shape index (κ2) is 10.3. The van der Waals surface area contributed by atoms with Crippen LogP contribution in [0.2, 0.25) is 0 Å². The Morgan fingerprint density at radius 2 is 1.88 bits per heavy atom. The molecule has 1 aromatic rings. The number of β-amino-alcohol motifs (C(OH)–C–C–N with tert-alkyl or cyclic N) is 1. The van der Waals surface area contributed by atoms with Crippen LogP contribution in [0.5, 0.6) is 0 Å². The van der Waals surface area contributed by atoms with Crippen molar-refractivity contribution in [1.82, 2.24) is 4.90 Å². The number of carbonyl (C=O) groups excluding carboxylic acids is 2. The van der Waals surface area contributed by atoms with E-state index in [0.29, 0.717) is 23.8 Å². The van der Waals surface area contributed by atoms with Gasteiger partial charge in [0.25, 0.3) is 0 Å². The summed E-state index contributed by atoms with van der Waals surface area (Å²) in [5.74, 6) is 4.94. The number of carboxylic acids is 1. The number of thiophene rings is 1. The molecule has 0 unspecified atom stereocenters. The molecule has 2 N–H and O–H groups in total. The van der Waals surface area contributed by atoms with Crippen LogP contribution < -0.4 is 4.90 Å². The van der Waals surface area contributed by atoms with E-state index in [4.69, 9.17) is 0 Å². The van der Waals surface area contributed by atoms with E-state index in [9.17, 15) is 24.6 Å². The molecule has 2 aliphatic rings. The number of anilines is 1. The summed E-state index contributed by atoms with van der Waals surface area (Å²) in [6.45, 7) is 8.57. The van der Waals surface area contributed by atoms with E-state index in [1.54, 1.807) is 11.0 Å².